The molecule has 0 aliphatic carbocycles. The second-order valence-electron chi connectivity index (χ2n) is 4.27. The molecular formula is C12H11ClF2O3. The predicted octanol–water partition coefficient (Wildman–Crippen LogP) is 2.81. The Hall–Kier alpha value is -1.04. The fourth-order valence-corrected chi connectivity index (χ4v) is 2.16. The van der Waals surface area contributed by atoms with Crippen molar-refractivity contribution < 1.29 is 23.0 Å². The minimum Gasteiger partial charge on any atom is -0.292 e. The Morgan fingerprint density at radius 2 is 2.11 bits per heavy atom. The van der Waals surface area contributed by atoms with Crippen LogP contribution in [0, 0.1) is 0 Å². The van der Waals surface area contributed by atoms with Crippen LogP contribution in [0.4, 0.5) is 8.78 Å². The van der Waals surface area contributed by atoms with E-state index >= 15 is 0 Å². The van der Waals surface area contributed by atoms with E-state index < -0.39 is 17.1 Å². The SMILES string of the molecule is CC1(c2ccccc2CC(=O)Cl)COC(F)(F)O1. The maximum Gasteiger partial charge on any atom is 0.486 e. The van der Waals surface area contributed by atoms with Crippen molar-refractivity contribution in [3.63, 3.8) is 0 Å². The highest BCUT2D eigenvalue weighted by Gasteiger charge is 2.51. The number of hydrogen-bond acceptors (Lipinski definition) is 3. The van der Waals surface area contributed by atoms with E-state index in [0.29, 0.717) is 11.1 Å². The summed E-state index contributed by atoms with van der Waals surface area (Å²) in [6, 6.07) is 6.67. The van der Waals surface area contributed by atoms with Gasteiger partial charge < -0.3 is 0 Å². The zero-order valence-corrected chi connectivity index (χ0v) is 10.3. The highest BCUT2D eigenvalue weighted by molar-refractivity contribution is 6.63. The summed E-state index contributed by atoms with van der Waals surface area (Å²) < 4.78 is 34.9. The molecule has 1 fully saturated rings. The van der Waals surface area contributed by atoms with Crippen LogP contribution >= 0.6 is 11.6 Å². The van der Waals surface area contributed by atoms with Crippen molar-refractivity contribution in [2.24, 2.45) is 0 Å². The fraction of sp³-hybridized carbons (Fsp3) is 0.417. The first kappa shape index (κ1) is 13.4. The van der Waals surface area contributed by atoms with Gasteiger partial charge in [-0.1, -0.05) is 24.3 Å². The first-order valence-electron chi connectivity index (χ1n) is 5.31. The van der Waals surface area contributed by atoms with Gasteiger partial charge in [0.25, 0.3) is 0 Å². The summed E-state index contributed by atoms with van der Waals surface area (Å²) in [7, 11) is 0. The Bertz CT molecular complexity index is 478. The van der Waals surface area contributed by atoms with E-state index in [4.69, 9.17) is 11.6 Å². The lowest BCUT2D eigenvalue weighted by Gasteiger charge is -2.24. The normalized spacial score (nSPS) is 26.2. The highest BCUT2D eigenvalue weighted by Crippen LogP contribution is 2.41. The summed E-state index contributed by atoms with van der Waals surface area (Å²) in [5.74, 6) is 0. The predicted molar refractivity (Wildman–Crippen MR) is 60.3 cm³/mol. The molecule has 0 radical (unpaired) electrons. The molecule has 1 unspecified atom stereocenters. The Morgan fingerprint density at radius 1 is 1.44 bits per heavy atom. The number of halogens is 3. The minimum atomic E-state index is -3.60. The van der Waals surface area contributed by atoms with Gasteiger partial charge in [0.15, 0.2) is 0 Å². The van der Waals surface area contributed by atoms with Gasteiger partial charge in [-0.25, -0.2) is 0 Å². The van der Waals surface area contributed by atoms with Crippen molar-refractivity contribution in [3.8, 4) is 0 Å². The molecule has 6 heteroatoms. The summed E-state index contributed by atoms with van der Waals surface area (Å²) in [5.41, 5.74) is -0.246. The van der Waals surface area contributed by atoms with Gasteiger partial charge in [-0.05, 0) is 29.7 Å². The van der Waals surface area contributed by atoms with Crippen LogP contribution < -0.4 is 0 Å². The molecule has 1 atom stereocenters. The molecule has 1 saturated heterocycles. The largest absolute Gasteiger partial charge is 0.486 e. The molecule has 1 aliphatic heterocycles. The second-order valence-corrected chi connectivity index (χ2v) is 4.70. The molecule has 0 bridgehead atoms. The Kier molecular flexibility index (Phi) is 3.40. The number of carbonyl (C=O) groups excluding carboxylic acids is 1. The van der Waals surface area contributed by atoms with Gasteiger partial charge in [-0.3, -0.25) is 14.3 Å². The lowest BCUT2D eigenvalue weighted by molar-refractivity contribution is -0.356. The smallest absolute Gasteiger partial charge is 0.292 e. The fourth-order valence-electron chi connectivity index (χ4n) is 2.02. The Labute approximate surface area is 108 Å². The number of hydrogen-bond donors (Lipinski definition) is 0. The molecule has 0 aromatic heterocycles. The van der Waals surface area contributed by atoms with Crippen molar-refractivity contribution >= 4 is 16.8 Å². The average Bonchev–Trinajstić information content (AvgIpc) is 2.54. The average molecular weight is 277 g/mol. The van der Waals surface area contributed by atoms with Gasteiger partial charge in [-0.15, -0.1) is 8.78 Å². The molecule has 2 rings (SSSR count). The van der Waals surface area contributed by atoms with E-state index in [1.165, 1.54) is 6.92 Å². The van der Waals surface area contributed by atoms with E-state index in [-0.39, 0.29) is 13.0 Å². The van der Waals surface area contributed by atoms with Gasteiger partial charge in [-0.2, -0.15) is 0 Å². The van der Waals surface area contributed by atoms with Crippen LogP contribution in [0.5, 0.6) is 0 Å². The van der Waals surface area contributed by atoms with E-state index in [1.54, 1.807) is 24.3 Å². The van der Waals surface area contributed by atoms with E-state index in [2.05, 4.69) is 9.47 Å². The van der Waals surface area contributed by atoms with E-state index in [1.807, 2.05) is 0 Å². The maximum atomic E-state index is 13.0. The molecule has 0 amide bonds. The summed E-state index contributed by atoms with van der Waals surface area (Å²) >= 11 is 5.33. The summed E-state index contributed by atoms with van der Waals surface area (Å²) in [5, 5.41) is -0.559. The first-order chi connectivity index (χ1) is 8.32. The molecule has 0 saturated carbocycles. The number of ether oxygens (including phenoxy) is 2. The summed E-state index contributed by atoms with van der Waals surface area (Å²) in [4.78, 5) is 11.0. The summed E-state index contributed by atoms with van der Waals surface area (Å²) in [6.45, 7) is 1.21. The lowest BCUT2D eigenvalue weighted by Crippen LogP contribution is -2.28. The molecule has 0 spiro atoms. The molecule has 1 aromatic carbocycles. The van der Waals surface area contributed by atoms with Crippen LogP contribution in [0.3, 0.4) is 0 Å². The monoisotopic (exact) mass is 276 g/mol. The topological polar surface area (TPSA) is 35.5 Å². The Morgan fingerprint density at radius 3 is 2.67 bits per heavy atom. The molecule has 0 N–H and O–H groups in total. The number of carbonyl (C=O) groups is 1. The molecule has 98 valence electrons. The van der Waals surface area contributed by atoms with Crippen molar-refractivity contribution in [3.05, 3.63) is 35.4 Å². The third-order valence-corrected chi connectivity index (χ3v) is 2.91. The number of alkyl halides is 2. The summed E-state index contributed by atoms with van der Waals surface area (Å²) in [6.07, 6.45) is -3.64. The van der Waals surface area contributed by atoms with E-state index in [0.717, 1.165) is 0 Å². The lowest BCUT2D eigenvalue weighted by atomic mass is 9.91. The van der Waals surface area contributed by atoms with Crippen molar-refractivity contribution in [1.29, 1.82) is 0 Å². The van der Waals surface area contributed by atoms with Crippen LogP contribution in [0.25, 0.3) is 0 Å². The highest BCUT2D eigenvalue weighted by atomic mass is 35.5. The van der Waals surface area contributed by atoms with Crippen LogP contribution in [0.1, 0.15) is 18.1 Å². The van der Waals surface area contributed by atoms with Crippen molar-refractivity contribution in [1.82, 2.24) is 0 Å². The van der Waals surface area contributed by atoms with E-state index in [9.17, 15) is 13.6 Å². The first-order valence-corrected chi connectivity index (χ1v) is 5.69. The van der Waals surface area contributed by atoms with Crippen LogP contribution in [0.2, 0.25) is 0 Å². The van der Waals surface area contributed by atoms with Gasteiger partial charge in [0, 0.05) is 6.42 Å². The third-order valence-electron chi connectivity index (χ3n) is 2.78. The van der Waals surface area contributed by atoms with Gasteiger partial charge in [0.2, 0.25) is 5.24 Å². The third kappa shape index (κ3) is 2.68. The minimum absolute atomic E-state index is 0.0394. The standard InChI is InChI=1S/C12H11ClF2O3/c1-11(7-17-12(14,15)18-11)9-5-3-2-4-8(9)6-10(13)16/h2-5H,6-7H2,1H3. The van der Waals surface area contributed by atoms with Crippen molar-refractivity contribution in [2.75, 3.05) is 6.61 Å². The molecule has 1 aromatic rings. The maximum absolute atomic E-state index is 13.0. The van der Waals surface area contributed by atoms with Crippen LogP contribution in [-0.4, -0.2) is 18.1 Å². The molecule has 1 heterocycles. The van der Waals surface area contributed by atoms with Crippen molar-refractivity contribution in [2.45, 2.75) is 25.2 Å². The Balaban J connectivity index is 2.36. The van der Waals surface area contributed by atoms with Gasteiger partial charge >= 0.3 is 6.29 Å². The molecule has 3 nitrogen and oxygen atoms in total. The second kappa shape index (κ2) is 4.57. The number of rotatable bonds is 3. The zero-order valence-electron chi connectivity index (χ0n) is 9.58. The van der Waals surface area contributed by atoms with Crippen LogP contribution in [-0.2, 0) is 26.3 Å². The molecular weight excluding hydrogens is 266 g/mol. The molecule has 18 heavy (non-hydrogen) atoms. The number of benzene rings is 1. The quantitative estimate of drug-likeness (QED) is 0.797. The van der Waals surface area contributed by atoms with Gasteiger partial charge in [0.1, 0.15) is 5.60 Å². The molecule has 1 aliphatic rings. The zero-order chi connectivity index (χ0) is 13.4. The van der Waals surface area contributed by atoms with Crippen LogP contribution in [0.15, 0.2) is 24.3 Å². The van der Waals surface area contributed by atoms with Gasteiger partial charge in [0.05, 0.1) is 6.61 Å².